The zero-order valence-corrected chi connectivity index (χ0v) is 11.5. The third-order valence-electron chi connectivity index (χ3n) is 3.19. The van der Waals surface area contributed by atoms with Gasteiger partial charge in [0.2, 0.25) is 0 Å². The van der Waals surface area contributed by atoms with Crippen molar-refractivity contribution in [1.29, 1.82) is 5.26 Å². The van der Waals surface area contributed by atoms with E-state index in [-0.39, 0.29) is 19.0 Å². The fourth-order valence-electron chi connectivity index (χ4n) is 2.01. The van der Waals surface area contributed by atoms with Crippen LogP contribution in [0.4, 0.5) is 5.82 Å². The normalized spacial score (nSPS) is 10.5. The molecule has 0 fully saturated rings. The Morgan fingerprint density at radius 1 is 1.45 bits per heavy atom. The number of ether oxygens (including phenoxy) is 1. The number of carbonyl (C=O) groups is 1. The number of anilines is 1. The largest absolute Gasteiger partial charge is 0.460 e. The number of fused-ring (bicyclic) bond motifs is 1. The van der Waals surface area contributed by atoms with E-state index in [0.29, 0.717) is 11.1 Å². The molecule has 2 N–H and O–H groups in total. The molecule has 0 aromatic carbocycles. The molecule has 0 saturated carbocycles. The molecule has 22 heavy (non-hydrogen) atoms. The van der Waals surface area contributed by atoms with Crippen molar-refractivity contribution in [2.45, 2.75) is 6.54 Å². The number of carbonyl (C=O) groups excluding carboxylic acids is 1. The molecular formula is C14H12N6O2. The highest BCUT2D eigenvalue weighted by Gasteiger charge is 2.10. The maximum absolute atomic E-state index is 12.0. The van der Waals surface area contributed by atoms with E-state index >= 15 is 0 Å². The van der Waals surface area contributed by atoms with Crippen LogP contribution in [0.25, 0.3) is 5.52 Å². The molecule has 8 heteroatoms. The van der Waals surface area contributed by atoms with Crippen LogP contribution in [0, 0.1) is 11.3 Å². The molecule has 3 rings (SSSR count). The average molecular weight is 296 g/mol. The van der Waals surface area contributed by atoms with Gasteiger partial charge in [-0.1, -0.05) is 0 Å². The molecular weight excluding hydrogens is 284 g/mol. The number of nitrogens with two attached hydrogens (primary N) is 1. The smallest absolute Gasteiger partial charge is 0.338 e. The second-order valence-electron chi connectivity index (χ2n) is 4.56. The molecule has 0 unspecified atom stereocenters. The summed E-state index contributed by atoms with van der Waals surface area (Å²) in [7, 11) is 0. The molecule has 3 aromatic rings. The van der Waals surface area contributed by atoms with E-state index in [0.717, 1.165) is 5.52 Å². The Morgan fingerprint density at radius 3 is 3.09 bits per heavy atom. The molecule has 0 aliphatic carbocycles. The summed E-state index contributed by atoms with van der Waals surface area (Å²) in [6, 6.07) is 5.29. The Morgan fingerprint density at radius 2 is 2.32 bits per heavy atom. The minimum atomic E-state index is -0.435. The van der Waals surface area contributed by atoms with Gasteiger partial charge in [0.25, 0.3) is 0 Å². The summed E-state index contributed by atoms with van der Waals surface area (Å²) < 4.78 is 8.41. The first kappa shape index (κ1) is 13.6. The van der Waals surface area contributed by atoms with E-state index in [4.69, 9.17) is 15.7 Å². The van der Waals surface area contributed by atoms with Crippen LogP contribution in [0.3, 0.4) is 0 Å². The molecule has 0 radical (unpaired) electrons. The van der Waals surface area contributed by atoms with Gasteiger partial charge in [-0.25, -0.2) is 14.5 Å². The van der Waals surface area contributed by atoms with E-state index in [9.17, 15) is 4.79 Å². The number of hydrogen-bond acceptors (Lipinski definition) is 6. The monoisotopic (exact) mass is 296 g/mol. The topological polar surface area (TPSA) is 111 Å². The molecule has 110 valence electrons. The average Bonchev–Trinajstić information content (AvgIpc) is 3.13. The number of aromatic nitrogens is 4. The number of nitrogen functional groups attached to an aromatic ring is 1. The SMILES string of the molecule is N#Cc1cnn(CCOC(=O)c2ccn3cncc3c2)c1N. The Balaban J connectivity index is 1.62. The maximum atomic E-state index is 12.0. The lowest BCUT2D eigenvalue weighted by atomic mass is 10.2. The summed E-state index contributed by atoms with van der Waals surface area (Å²) in [5.74, 6) is -0.172. The third kappa shape index (κ3) is 2.47. The third-order valence-corrected chi connectivity index (χ3v) is 3.19. The van der Waals surface area contributed by atoms with Crippen molar-refractivity contribution in [3.05, 3.63) is 48.2 Å². The fourth-order valence-corrected chi connectivity index (χ4v) is 2.01. The van der Waals surface area contributed by atoms with Crippen molar-refractivity contribution >= 4 is 17.3 Å². The molecule has 0 aliphatic rings. The predicted octanol–water partition coefficient (Wildman–Crippen LogP) is 0.842. The highest BCUT2D eigenvalue weighted by Crippen LogP contribution is 2.10. The summed E-state index contributed by atoms with van der Waals surface area (Å²) >= 11 is 0. The van der Waals surface area contributed by atoms with Gasteiger partial charge in [0, 0.05) is 6.20 Å². The second kappa shape index (κ2) is 5.57. The Bertz CT molecular complexity index is 873. The van der Waals surface area contributed by atoms with Crippen LogP contribution in [0.5, 0.6) is 0 Å². The molecule has 0 spiro atoms. The minimum absolute atomic E-state index is 0.111. The van der Waals surface area contributed by atoms with Gasteiger partial charge in [-0.3, -0.25) is 0 Å². The fraction of sp³-hybridized carbons (Fsp3) is 0.143. The predicted molar refractivity (Wildman–Crippen MR) is 76.8 cm³/mol. The zero-order valence-electron chi connectivity index (χ0n) is 11.5. The number of pyridine rings is 1. The van der Waals surface area contributed by atoms with Gasteiger partial charge in [-0.15, -0.1) is 0 Å². The summed E-state index contributed by atoms with van der Waals surface area (Å²) in [4.78, 5) is 16.0. The summed E-state index contributed by atoms with van der Waals surface area (Å²) in [6.45, 7) is 0.397. The van der Waals surface area contributed by atoms with Crippen molar-refractivity contribution in [2.24, 2.45) is 0 Å². The van der Waals surface area contributed by atoms with Gasteiger partial charge in [-0.05, 0) is 12.1 Å². The van der Waals surface area contributed by atoms with Crippen LogP contribution in [-0.2, 0) is 11.3 Å². The molecule has 0 aliphatic heterocycles. The van der Waals surface area contributed by atoms with E-state index in [1.54, 1.807) is 35.3 Å². The Hall–Kier alpha value is -3.34. The van der Waals surface area contributed by atoms with Gasteiger partial charge in [0.05, 0.1) is 36.3 Å². The number of hydrogen-bond donors (Lipinski definition) is 1. The first-order chi connectivity index (χ1) is 10.7. The number of rotatable bonds is 4. The first-order valence-corrected chi connectivity index (χ1v) is 6.49. The van der Waals surface area contributed by atoms with Crippen LogP contribution < -0.4 is 5.73 Å². The van der Waals surface area contributed by atoms with Gasteiger partial charge in [0.1, 0.15) is 24.1 Å². The van der Waals surface area contributed by atoms with Crippen LogP contribution in [0.1, 0.15) is 15.9 Å². The van der Waals surface area contributed by atoms with Gasteiger partial charge < -0.3 is 14.9 Å². The highest BCUT2D eigenvalue weighted by molar-refractivity contribution is 5.90. The van der Waals surface area contributed by atoms with Gasteiger partial charge >= 0.3 is 5.97 Å². The Labute approximate surface area is 125 Å². The quantitative estimate of drug-likeness (QED) is 0.714. The lowest BCUT2D eigenvalue weighted by Crippen LogP contribution is -2.14. The maximum Gasteiger partial charge on any atom is 0.338 e. The van der Waals surface area contributed by atoms with Gasteiger partial charge in [0.15, 0.2) is 0 Å². The molecule has 0 saturated heterocycles. The number of imidazole rings is 1. The molecule has 8 nitrogen and oxygen atoms in total. The summed E-state index contributed by atoms with van der Waals surface area (Å²) in [5.41, 5.74) is 7.28. The lowest BCUT2D eigenvalue weighted by Gasteiger charge is -2.06. The molecule has 3 aromatic heterocycles. The Kier molecular flexibility index (Phi) is 3.45. The van der Waals surface area contributed by atoms with Crippen LogP contribution in [0.2, 0.25) is 0 Å². The summed E-state index contributed by atoms with van der Waals surface area (Å²) in [5, 5.41) is 12.7. The number of nitrogens with zero attached hydrogens (tertiary/aromatic N) is 5. The van der Waals surface area contributed by atoms with E-state index < -0.39 is 5.97 Å². The number of nitriles is 1. The highest BCUT2D eigenvalue weighted by atomic mass is 16.5. The zero-order chi connectivity index (χ0) is 15.5. The van der Waals surface area contributed by atoms with Gasteiger partial charge in [-0.2, -0.15) is 10.4 Å². The molecule has 0 atom stereocenters. The van der Waals surface area contributed by atoms with E-state index in [1.807, 2.05) is 6.07 Å². The van der Waals surface area contributed by atoms with Crippen molar-refractivity contribution in [3.8, 4) is 6.07 Å². The first-order valence-electron chi connectivity index (χ1n) is 6.49. The van der Waals surface area contributed by atoms with Crippen molar-refractivity contribution in [2.75, 3.05) is 12.3 Å². The number of esters is 1. The van der Waals surface area contributed by atoms with Crippen LogP contribution >= 0.6 is 0 Å². The standard InChI is InChI=1S/C14H12N6O2/c15-6-11-7-18-20(13(11)16)3-4-22-14(21)10-1-2-19-9-17-8-12(19)5-10/h1-2,5,7-9H,3-4,16H2. The second-order valence-corrected chi connectivity index (χ2v) is 4.56. The van der Waals surface area contributed by atoms with Crippen molar-refractivity contribution < 1.29 is 9.53 Å². The molecule has 0 amide bonds. The van der Waals surface area contributed by atoms with E-state index in [1.165, 1.54) is 10.9 Å². The molecule has 3 heterocycles. The van der Waals surface area contributed by atoms with Crippen molar-refractivity contribution in [1.82, 2.24) is 19.2 Å². The minimum Gasteiger partial charge on any atom is -0.460 e. The van der Waals surface area contributed by atoms with Crippen LogP contribution in [0.15, 0.2) is 37.1 Å². The van der Waals surface area contributed by atoms with Crippen LogP contribution in [-0.4, -0.2) is 31.7 Å². The van der Waals surface area contributed by atoms with E-state index in [2.05, 4.69) is 10.1 Å². The summed E-state index contributed by atoms with van der Waals surface area (Å²) in [6.07, 6.45) is 6.43. The van der Waals surface area contributed by atoms with Crippen molar-refractivity contribution in [3.63, 3.8) is 0 Å². The molecule has 0 bridgehead atoms. The lowest BCUT2D eigenvalue weighted by molar-refractivity contribution is 0.0488.